The van der Waals surface area contributed by atoms with Crippen molar-refractivity contribution in [3.63, 3.8) is 0 Å². The van der Waals surface area contributed by atoms with Gasteiger partial charge in [-0.25, -0.2) is 0 Å². The van der Waals surface area contributed by atoms with Crippen LogP contribution in [-0.2, 0) is 0 Å². The van der Waals surface area contributed by atoms with E-state index in [2.05, 4.69) is 28.9 Å². The molecule has 14 heavy (non-hydrogen) atoms. The molecule has 1 aromatic rings. The second-order valence-corrected chi connectivity index (χ2v) is 5.50. The van der Waals surface area contributed by atoms with E-state index < -0.39 is 0 Å². The van der Waals surface area contributed by atoms with Gasteiger partial charge in [0, 0.05) is 23.2 Å². The second kappa shape index (κ2) is 4.11. The number of aromatic amines is 1. The first-order valence-electron chi connectivity index (χ1n) is 5.01. The smallest absolute Gasteiger partial charge is 0.177 e. The molecule has 0 bridgehead atoms. The number of aryl methyl sites for hydroxylation is 1. The lowest BCUT2D eigenvalue weighted by Crippen LogP contribution is -2.04. The number of nitrogens with zero attached hydrogens (tertiary/aromatic N) is 1. The summed E-state index contributed by atoms with van der Waals surface area (Å²) in [5, 5.41) is 0.831. The fourth-order valence-electron chi connectivity index (χ4n) is 2.19. The van der Waals surface area contributed by atoms with Crippen molar-refractivity contribution in [1.29, 1.82) is 0 Å². The van der Waals surface area contributed by atoms with E-state index in [0.29, 0.717) is 6.04 Å². The van der Waals surface area contributed by atoms with Crippen molar-refractivity contribution in [2.24, 2.45) is 0 Å². The molecule has 1 aliphatic rings. The second-order valence-electron chi connectivity index (χ2n) is 3.97. The molecule has 2 rings (SSSR count). The van der Waals surface area contributed by atoms with Gasteiger partial charge in [0.2, 0.25) is 0 Å². The first-order valence-corrected chi connectivity index (χ1v) is 6.71. The van der Waals surface area contributed by atoms with Crippen LogP contribution in [-0.4, -0.2) is 21.1 Å². The third kappa shape index (κ3) is 1.91. The number of nitrogens with one attached hydrogen (secondary N) is 1. The number of hydrogen-bond donors (Lipinski definition) is 1. The summed E-state index contributed by atoms with van der Waals surface area (Å²) < 4.78 is 3.12. The Balaban J connectivity index is 2.17. The zero-order valence-electron chi connectivity index (χ0n) is 8.62. The van der Waals surface area contributed by atoms with Crippen LogP contribution in [0.2, 0.25) is 0 Å². The lowest BCUT2D eigenvalue weighted by Gasteiger charge is -2.11. The highest BCUT2D eigenvalue weighted by atomic mass is 32.2. The maximum Gasteiger partial charge on any atom is 0.177 e. The van der Waals surface area contributed by atoms with Crippen LogP contribution in [0.3, 0.4) is 0 Å². The van der Waals surface area contributed by atoms with E-state index in [4.69, 9.17) is 12.2 Å². The lowest BCUT2D eigenvalue weighted by molar-refractivity contribution is 0.513. The number of imidazole rings is 1. The first kappa shape index (κ1) is 10.3. The average molecular weight is 228 g/mol. The molecule has 0 aliphatic heterocycles. The Morgan fingerprint density at radius 2 is 2.36 bits per heavy atom. The van der Waals surface area contributed by atoms with Gasteiger partial charge in [0.1, 0.15) is 0 Å². The maximum absolute atomic E-state index is 5.28. The van der Waals surface area contributed by atoms with Gasteiger partial charge in [-0.05, 0) is 44.7 Å². The Morgan fingerprint density at radius 1 is 1.57 bits per heavy atom. The van der Waals surface area contributed by atoms with Crippen molar-refractivity contribution in [3.8, 4) is 0 Å². The summed E-state index contributed by atoms with van der Waals surface area (Å²) in [5.41, 5.74) is 1.17. The standard InChI is InChI=1S/C10H16N2S2/c1-7-6-12(10(13)11-7)8-3-4-9(5-8)14-2/h6,8-9H,3-5H2,1-2H3,(H,11,13). The number of rotatable bonds is 2. The fraction of sp³-hybridized carbons (Fsp3) is 0.700. The van der Waals surface area contributed by atoms with Gasteiger partial charge in [-0.3, -0.25) is 0 Å². The number of aromatic nitrogens is 2. The number of thioether (sulfide) groups is 1. The molecular weight excluding hydrogens is 212 g/mol. The summed E-state index contributed by atoms with van der Waals surface area (Å²) in [4.78, 5) is 3.19. The fourth-order valence-corrected chi connectivity index (χ4v) is 3.34. The summed E-state index contributed by atoms with van der Waals surface area (Å²) in [6.45, 7) is 2.06. The van der Waals surface area contributed by atoms with Crippen molar-refractivity contribution in [1.82, 2.24) is 9.55 Å². The van der Waals surface area contributed by atoms with Crippen LogP contribution in [0.5, 0.6) is 0 Å². The van der Waals surface area contributed by atoms with Gasteiger partial charge in [-0.2, -0.15) is 11.8 Å². The minimum Gasteiger partial charge on any atom is -0.335 e. The molecule has 1 heterocycles. The molecule has 2 unspecified atom stereocenters. The zero-order valence-corrected chi connectivity index (χ0v) is 10.3. The molecule has 1 fully saturated rings. The highest BCUT2D eigenvalue weighted by molar-refractivity contribution is 7.99. The molecule has 0 amide bonds. The quantitative estimate of drug-likeness (QED) is 0.784. The third-order valence-electron chi connectivity index (χ3n) is 2.95. The molecule has 2 nitrogen and oxygen atoms in total. The zero-order chi connectivity index (χ0) is 10.1. The minimum atomic E-state index is 0.630. The van der Waals surface area contributed by atoms with E-state index in [0.717, 1.165) is 10.0 Å². The van der Waals surface area contributed by atoms with Crippen molar-refractivity contribution < 1.29 is 0 Å². The first-order chi connectivity index (χ1) is 6.70. The lowest BCUT2D eigenvalue weighted by atomic mass is 10.2. The van der Waals surface area contributed by atoms with Gasteiger partial charge in [0.05, 0.1) is 0 Å². The van der Waals surface area contributed by atoms with Crippen LogP contribution < -0.4 is 0 Å². The molecular formula is C10H16N2S2. The van der Waals surface area contributed by atoms with Gasteiger partial charge in [0.15, 0.2) is 4.77 Å². The monoisotopic (exact) mass is 228 g/mol. The van der Waals surface area contributed by atoms with E-state index >= 15 is 0 Å². The Bertz CT molecular complexity index is 366. The summed E-state index contributed by atoms with van der Waals surface area (Å²) in [6, 6.07) is 0.630. The van der Waals surface area contributed by atoms with Gasteiger partial charge < -0.3 is 9.55 Å². The largest absolute Gasteiger partial charge is 0.335 e. The van der Waals surface area contributed by atoms with Gasteiger partial charge in [-0.1, -0.05) is 0 Å². The molecule has 0 saturated heterocycles. The van der Waals surface area contributed by atoms with Crippen molar-refractivity contribution in [2.45, 2.75) is 37.5 Å². The molecule has 0 radical (unpaired) electrons. The molecule has 2 atom stereocenters. The Labute approximate surface area is 94.1 Å². The summed E-state index contributed by atoms with van der Waals surface area (Å²) in [6.07, 6.45) is 8.23. The SMILES string of the molecule is CSC1CCC(n2cc(C)[nH]c2=S)C1. The van der Waals surface area contributed by atoms with Crippen LogP contribution in [0.15, 0.2) is 6.20 Å². The van der Waals surface area contributed by atoms with Crippen LogP contribution in [0.1, 0.15) is 31.0 Å². The van der Waals surface area contributed by atoms with Crippen molar-refractivity contribution in [2.75, 3.05) is 6.26 Å². The average Bonchev–Trinajstić information content (AvgIpc) is 2.71. The minimum absolute atomic E-state index is 0.630. The summed E-state index contributed by atoms with van der Waals surface area (Å²) >= 11 is 7.27. The normalized spacial score (nSPS) is 27.0. The van der Waals surface area contributed by atoms with E-state index in [1.807, 2.05) is 11.8 Å². The highest BCUT2D eigenvalue weighted by Gasteiger charge is 2.25. The third-order valence-corrected chi connectivity index (χ3v) is 4.36. The van der Waals surface area contributed by atoms with Crippen molar-refractivity contribution in [3.05, 3.63) is 16.7 Å². The predicted molar refractivity (Wildman–Crippen MR) is 64.5 cm³/mol. The molecule has 0 aromatic carbocycles. The van der Waals surface area contributed by atoms with Crippen LogP contribution in [0.25, 0.3) is 0 Å². The van der Waals surface area contributed by atoms with Crippen LogP contribution in [0, 0.1) is 11.7 Å². The molecule has 1 aliphatic carbocycles. The molecule has 78 valence electrons. The summed E-state index contributed by atoms with van der Waals surface area (Å²) in [5.74, 6) is 0. The predicted octanol–water partition coefficient (Wildman–Crippen LogP) is 3.31. The van der Waals surface area contributed by atoms with E-state index in [1.165, 1.54) is 25.0 Å². The molecule has 0 spiro atoms. The highest BCUT2D eigenvalue weighted by Crippen LogP contribution is 2.36. The number of hydrogen-bond acceptors (Lipinski definition) is 2. The van der Waals surface area contributed by atoms with Gasteiger partial charge in [-0.15, -0.1) is 0 Å². The van der Waals surface area contributed by atoms with Gasteiger partial charge in [0.25, 0.3) is 0 Å². The Morgan fingerprint density at radius 3 is 2.86 bits per heavy atom. The van der Waals surface area contributed by atoms with E-state index in [1.54, 1.807) is 0 Å². The van der Waals surface area contributed by atoms with E-state index in [-0.39, 0.29) is 0 Å². The summed E-state index contributed by atoms with van der Waals surface area (Å²) in [7, 11) is 0. The van der Waals surface area contributed by atoms with Crippen LogP contribution in [0.4, 0.5) is 0 Å². The topological polar surface area (TPSA) is 20.7 Å². The van der Waals surface area contributed by atoms with Gasteiger partial charge >= 0.3 is 0 Å². The Kier molecular flexibility index (Phi) is 3.02. The van der Waals surface area contributed by atoms with Crippen LogP contribution >= 0.6 is 24.0 Å². The molecule has 1 saturated carbocycles. The number of H-pyrrole nitrogens is 1. The Hall–Kier alpha value is -0.220. The molecule has 1 aromatic heterocycles. The molecule has 4 heteroatoms. The molecule has 1 N–H and O–H groups in total. The maximum atomic E-state index is 5.28. The van der Waals surface area contributed by atoms with Crippen molar-refractivity contribution >= 4 is 24.0 Å². The van der Waals surface area contributed by atoms with E-state index in [9.17, 15) is 0 Å².